The van der Waals surface area contributed by atoms with Gasteiger partial charge in [0.15, 0.2) is 0 Å². The summed E-state index contributed by atoms with van der Waals surface area (Å²) in [5.74, 6) is 0. The van der Waals surface area contributed by atoms with Gasteiger partial charge < -0.3 is 5.11 Å². The summed E-state index contributed by atoms with van der Waals surface area (Å²) in [6.07, 6.45) is 0. The van der Waals surface area contributed by atoms with Crippen LogP contribution in [-0.4, -0.2) is 5.48 Å². The van der Waals surface area contributed by atoms with Crippen molar-refractivity contribution in [2.24, 2.45) is 0 Å². The molecule has 0 bridgehead atoms. The van der Waals surface area contributed by atoms with Crippen LogP contribution in [0.15, 0.2) is 42.5 Å². The first kappa shape index (κ1) is 13.6. The lowest BCUT2D eigenvalue weighted by Crippen LogP contribution is -2.18. The zero-order valence-electron chi connectivity index (χ0n) is 9.65. The van der Waals surface area contributed by atoms with E-state index in [1.165, 1.54) is 0 Å². The van der Waals surface area contributed by atoms with Gasteiger partial charge in [-0.1, -0.05) is 67.3 Å². The average Bonchev–Trinajstić information content (AvgIpc) is 2.32. The van der Waals surface area contributed by atoms with E-state index in [4.69, 9.17) is 23.2 Å². The highest BCUT2D eigenvalue weighted by Gasteiger charge is 2.03. The van der Waals surface area contributed by atoms with E-state index in [9.17, 15) is 5.11 Å². The Kier molecular flexibility index (Phi) is 4.42. The SMILES string of the molecule is Cc1ccc(P=C([O-])c2c(Cl)cccc2Cl)cc1. The van der Waals surface area contributed by atoms with Crippen LogP contribution < -0.4 is 10.4 Å². The summed E-state index contributed by atoms with van der Waals surface area (Å²) in [6, 6.07) is 12.9. The molecule has 18 heavy (non-hydrogen) atoms. The summed E-state index contributed by atoms with van der Waals surface area (Å²) in [5, 5.41) is 13.9. The van der Waals surface area contributed by atoms with E-state index in [0.717, 1.165) is 10.9 Å². The summed E-state index contributed by atoms with van der Waals surface area (Å²) in [7, 11) is 0.581. The Morgan fingerprint density at radius 3 is 2.11 bits per heavy atom. The maximum atomic E-state index is 12.2. The van der Waals surface area contributed by atoms with Gasteiger partial charge in [0, 0.05) is 20.9 Å². The number of hydrogen-bond acceptors (Lipinski definition) is 1. The summed E-state index contributed by atoms with van der Waals surface area (Å²) < 4.78 is 0. The molecule has 2 aromatic rings. The van der Waals surface area contributed by atoms with Crippen LogP contribution in [0.25, 0.3) is 0 Å². The van der Waals surface area contributed by atoms with Crippen LogP contribution in [0, 0.1) is 6.92 Å². The lowest BCUT2D eigenvalue weighted by atomic mass is 10.2. The molecular weight excluding hydrogens is 286 g/mol. The molecule has 0 radical (unpaired) electrons. The molecule has 0 heterocycles. The van der Waals surface area contributed by atoms with Gasteiger partial charge in [0.25, 0.3) is 0 Å². The van der Waals surface area contributed by atoms with Gasteiger partial charge in [0.1, 0.15) is 0 Å². The third-order valence-electron chi connectivity index (χ3n) is 2.44. The number of aryl methyl sites for hydroxylation is 1. The van der Waals surface area contributed by atoms with Gasteiger partial charge in [0.2, 0.25) is 0 Å². The molecule has 0 unspecified atom stereocenters. The molecule has 4 heteroatoms. The van der Waals surface area contributed by atoms with Crippen LogP contribution in [0.5, 0.6) is 0 Å². The summed E-state index contributed by atoms with van der Waals surface area (Å²) in [6.45, 7) is 2.01. The summed E-state index contributed by atoms with van der Waals surface area (Å²) >= 11 is 12.0. The topological polar surface area (TPSA) is 23.1 Å². The first-order chi connectivity index (χ1) is 8.58. The van der Waals surface area contributed by atoms with Crippen molar-refractivity contribution in [1.29, 1.82) is 0 Å². The summed E-state index contributed by atoms with van der Waals surface area (Å²) in [5.41, 5.74) is 1.47. The van der Waals surface area contributed by atoms with Crippen LogP contribution in [0.2, 0.25) is 10.0 Å². The van der Waals surface area contributed by atoms with Crippen molar-refractivity contribution >= 4 is 42.2 Å². The number of hydrogen-bond donors (Lipinski definition) is 0. The minimum atomic E-state index is -0.0885. The van der Waals surface area contributed by atoms with Gasteiger partial charge in [0.05, 0.1) is 0 Å². The summed E-state index contributed by atoms with van der Waals surface area (Å²) in [4.78, 5) is 0. The van der Waals surface area contributed by atoms with Gasteiger partial charge in [-0.05, 0) is 19.1 Å². The van der Waals surface area contributed by atoms with Crippen molar-refractivity contribution < 1.29 is 5.11 Å². The van der Waals surface area contributed by atoms with Crippen molar-refractivity contribution in [3.8, 4) is 0 Å². The Morgan fingerprint density at radius 1 is 1.00 bits per heavy atom. The lowest BCUT2D eigenvalue weighted by Gasteiger charge is -2.15. The minimum Gasteiger partial charge on any atom is -0.823 e. The van der Waals surface area contributed by atoms with Gasteiger partial charge in [-0.2, -0.15) is 0 Å². The van der Waals surface area contributed by atoms with Gasteiger partial charge in [-0.25, -0.2) is 0 Å². The Balaban J connectivity index is 2.42. The zero-order chi connectivity index (χ0) is 13.1. The fourth-order valence-corrected chi connectivity index (χ4v) is 3.08. The highest BCUT2D eigenvalue weighted by Crippen LogP contribution is 2.25. The molecule has 0 aliphatic rings. The maximum absolute atomic E-state index is 12.2. The molecule has 1 nitrogen and oxygen atoms in total. The Hall–Kier alpha value is -0.850. The molecule has 2 rings (SSSR count). The molecule has 0 fully saturated rings. The van der Waals surface area contributed by atoms with E-state index in [2.05, 4.69) is 0 Å². The molecule has 0 aliphatic carbocycles. The fourth-order valence-electron chi connectivity index (χ4n) is 1.49. The van der Waals surface area contributed by atoms with E-state index < -0.39 is 0 Å². The van der Waals surface area contributed by atoms with Crippen molar-refractivity contribution in [3.05, 3.63) is 63.6 Å². The second-order valence-corrected chi connectivity index (χ2v) is 5.81. The standard InChI is InChI=1S/C14H11Cl2OP/c1-9-5-7-10(8-6-9)18-14(17)13-11(15)3-2-4-12(13)16/h2-8,17H,1H3/p-1. The Morgan fingerprint density at radius 2 is 1.56 bits per heavy atom. The zero-order valence-corrected chi connectivity index (χ0v) is 12.1. The minimum absolute atomic E-state index is 0.0885. The second-order valence-electron chi connectivity index (χ2n) is 3.85. The number of rotatable bonds is 2. The second kappa shape index (κ2) is 5.86. The van der Waals surface area contributed by atoms with Gasteiger partial charge in [-0.15, -0.1) is 5.48 Å². The first-order valence-electron chi connectivity index (χ1n) is 5.34. The van der Waals surface area contributed by atoms with E-state index in [1.807, 2.05) is 31.2 Å². The number of benzene rings is 2. The van der Waals surface area contributed by atoms with Gasteiger partial charge in [-0.3, -0.25) is 0 Å². The van der Waals surface area contributed by atoms with Crippen LogP contribution in [0.1, 0.15) is 11.1 Å². The highest BCUT2D eigenvalue weighted by molar-refractivity contribution is 7.49. The molecule has 0 spiro atoms. The van der Waals surface area contributed by atoms with Crippen molar-refractivity contribution in [2.45, 2.75) is 6.92 Å². The van der Waals surface area contributed by atoms with Crippen molar-refractivity contribution in [2.75, 3.05) is 0 Å². The van der Waals surface area contributed by atoms with E-state index in [0.29, 0.717) is 23.8 Å². The molecule has 0 atom stereocenters. The third kappa shape index (κ3) is 3.13. The average molecular weight is 296 g/mol. The van der Waals surface area contributed by atoms with Crippen LogP contribution in [0.3, 0.4) is 0 Å². The molecule has 92 valence electrons. The largest absolute Gasteiger partial charge is 0.823 e. The Bertz CT molecular complexity index is 571. The van der Waals surface area contributed by atoms with E-state index >= 15 is 0 Å². The van der Waals surface area contributed by atoms with Crippen LogP contribution in [0.4, 0.5) is 0 Å². The molecule has 0 saturated heterocycles. The normalized spacial score (nSPS) is 11.7. The predicted octanol–water partition coefficient (Wildman–Crippen LogP) is 3.41. The molecule has 0 saturated carbocycles. The van der Waals surface area contributed by atoms with Crippen LogP contribution >= 0.6 is 31.4 Å². The monoisotopic (exact) mass is 295 g/mol. The molecule has 0 aliphatic heterocycles. The highest BCUT2D eigenvalue weighted by atomic mass is 35.5. The van der Waals surface area contributed by atoms with E-state index in [1.54, 1.807) is 18.2 Å². The molecular formula is C14H10Cl2OP-. The van der Waals surface area contributed by atoms with E-state index in [-0.39, 0.29) is 5.48 Å². The Labute approximate surface area is 118 Å². The molecule has 2 aromatic carbocycles. The number of halogens is 2. The molecule has 0 amide bonds. The maximum Gasteiger partial charge on any atom is 0.0486 e. The van der Waals surface area contributed by atoms with Crippen LogP contribution in [-0.2, 0) is 0 Å². The fraction of sp³-hybridized carbons (Fsp3) is 0.0714. The molecule has 0 N–H and O–H groups in total. The first-order valence-corrected chi connectivity index (χ1v) is 7.00. The van der Waals surface area contributed by atoms with Crippen molar-refractivity contribution in [3.63, 3.8) is 0 Å². The predicted molar refractivity (Wildman–Crippen MR) is 78.3 cm³/mol. The quantitative estimate of drug-likeness (QED) is 0.779. The third-order valence-corrected chi connectivity index (χ3v) is 4.05. The lowest BCUT2D eigenvalue weighted by molar-refractivity contribution is -0.206. The molecule has 0 aromatic heterocycles. The van der Waals surface area contributed by atoms with Crippen molar-refractivity contribution in [1.82, 2.24) is 0 Å². The smallest absolute Gasteiger partial charge is 0.0486 e. The van der Waals surface area contributed by atoms with Gasteiger partial charge >= 0.3 is 0 Å².